The van der Waals surface area contributed by atoms with E-state index in [1.807, 2.05) is 6.92 Å². The third-order valence-electron chi connectivity index (χ3n) is 6.93. The summed E-state index contributed by atoms with van der Waals surface area (Å²) in [5, 5.41) is 3.84. The predicted octanol–water partition coefficient (Wildman–Crippen LogP) is 4.63. The molecule has 1 fully saturated rings. The second kappa shape index (κ2) is 9.57. The number of aromatic nitrogens is 4. The molecule has 1 N–H and O–H groups in total. The number of ether oxygens (including phenoxy) is 1. The summed E-state index contributed by atoms with van der Waals surface area (Å²) in [6.07, 6.45) is 7.10. The standard InChI is InChI=1S/C25H25ClF2N6O2/c1-14(17-11-20(36-24(27)28)31-12-19(17)26)23(35)34-9-6-25(13-34)5-4-16-10-18(15(2)32-21(16)33-25)22-29-7-3-8-30-22/h3,7-8,10-12,14,24H,4-6,9,13H2,1-2H3,(H,32,33)/t14-,25+/m1/s1. The van der Waals surface area contributed by atoms with Gasteiger partial charge < -0.3 is 15.0 Å². The minimum absolute atomic E-state index is 0.128. The molecule has 0 radical (unpaired) electrons. The normalized spacial score (nSPS) is 19.8. The zero-order valence-corrected chi connectivity index (χ0v) is 20.6. The van der Waals surface area contributed by atoms with Gasteiger partial charge in [0.2, 0.25) is 11.8 Å². The minimum atomic E-state index is -3.01. The van der Waals surface area contributed by atoms with E-state index < -0.39 is 12.5 Å². The van der Waals surface area contributed by atoms with E-state index in [0.29, 0.717) is 24.5 Å². The molecular formula is C25H25ClF2N6O2. The lowest BCUT2D eigenvalue weighted by molar-refractivity contribution is -0.131. The Morgan fingerprint density at radius 3 is 2.75 bits per heavy atom. The van der Waals surface area contributed by atoms with E-state index in [-0.39, 0.29) is 22.3 Å². The number of anilines is 1. The topological polar surface area (TPSA) is 93.1 Å². The highest BCUT2D eigenvalue weighted by Crippen LogP contribution is 2.39. The number of rotatable bonds is 5. The van der Waals surface area contributed by atoms with Gasteiger partial charge in [-0.05, 0) is 56.4 Å². The van der Waals surface area contributed by atoms with Crippen LogP contribution in [-0.4, -0.2) is 56.0 Å². The second-order valence-electron chi connectivity index (χ2n) is 9.26. The maximum atomic E-state index is 13.4. The van der Waals surface area contributed by atoms with E-state index >= 15 is 0 Å². The number of carbonyl (C=O) groups is 1. The van der Waals surface area contributed by atoms with Crippen LogP contribution in [-0.2, 0) is 11.2 Å². The lowest BCUT2D eigenvalue weighted by Gasteiger charge is -2.36. The van der Waals surface area contributed by atoms with E-state index in [1.54, 1.807) is 30.3 Å². The Kier molecular flexibility index (Phi) is 6.46. The summed E-state index contributed by atoms with van der Waals surface area (Å²) in [6.45, 7) is 1.73. The monoisotopic (exact) mass is 514 g/mol. The van der Waals surface area contributed by atoms with Crippen molar-refractivity contribution in [3.05, 3.63) is 58.6 Å². The van der Waals surface area contributed by atoms with Gasteiger partial charge in [0.1, 0.15) is 5.82 Å². The van der Waals surface area contributed by atoms with Crippen LogP contribution in [0.4, 0.5) is 14.6 Å². The number of alkyl halides is 2. The number of halogens is 3. The van der Waals surface area contributed by atoms with E-state index in [1.165, 1.54) is 12.3 Å². The van der Waals surface area contributed by atoms with Gasteiger partial charge in [0.25, 0.3) is 0 Å². The van der Waals surface area contributed by atoms with Crippen molar-refractivity contribution < 1.29 is 18.3 Å². The molecule has 1 amide bonds. The second-order valence-corrected chi connectivity index (χ2v) is 9.67. The summed E-state index contributed by atoms with van der Waals surface area (Å²) < 4.78 is 29.6. The van der Waals surface area contributed by atoms with Gasteiger partial charge in [-0.25, -0.2) is 19.9 Å². The highest BCUT2D eigenvalue weighted by molar-refractivity contribution is 6.31. The lowest BCUT2D eigenvalue weighted by atomic mass is 9.86. The number of hydrogen-bond donors (Lipinski definition) is 1. The molecule has 3 aromatic rings. The first kappa shape index (κ1) is 24.3. The Morgan fingerprint density at radius 1 is 1.22 bits per heavy atom. The molecule has 0 aliphatic carbocycles. The van der Waals surface area contributed by atoms with Crippen molar-refractivity contribution in [2.45, 2.75) is 51.2 Å². The Labute approximate surface area is 212 Å². The van der Waals surface area contributed by atoms with Gasteiger partial charge in [0.05, 0.1) is 22.2 Å². The Balaban J connectivity index is 1.31. The number of carbonyl (C=O) groups excluding carboxylic acids is 1. The molecule has 5 rings (SSSR count). The molecule has 1 spiro atoms. The average Bonchev–Trinajstić information content (AvgIpc) is 3.27. The van der Waals surface area contributed by atoms with E-state index in [4.69, 9.17) is 16.6 Å². The fraction of sp³-hybridized carbons (Fsp3) is 0.400. The minimum Gasteiger partial charge on any atom is -0.417 e. The van der Waals surface area contributed by atoms with Gasteiger partial charge in [-0.1, -0.05) is 11.6 Å². The van der Waals surface area contributed by atoms with Crippen LogP contribution in [0, 0.1) is 6.92 Å². The van der Waals surface area contributed by atoms with Gasteiger partial charge in [0, 0.05) is 43.3 Å². The summed E-state index contributed by atoms with van der Waals surface area (Å²) in [5.41, 5.74) is 2.97. The summed E-state index contributed by atoms with van der Waals surface area (Å²) >= 11 is 6.24. The van der Waals surface area contributed by atoms with Crippen molar-refractivity contribution in [3.8, 4) is 17.3 Å². The van der Waals surface area contributed by atoms with Crippen LogP contribution in [0.1, 0.15) is 42.5 Å². The molecule has 2 aliphatic rings. The van der Waals surface area contributed by atoms with Crippen molar-refractivity contribution in [2.24, 2.45) is 0 Å². The molecule has 2 aliphatic heterocycles. The van der Waals surface area contributed by atoms with Crippen molar-refractivity contribution >= 4 is 23.3 Å². The molecule has 0 bridgehead atoms. The maximum absolute atomic E-state index is 13.4. The zero-order valence-electron chi connectivity index (χ0n) is 19.8. The van der Waals surface area contributed by atoms with Crippen molar-refractivity contribution in [2.75, 3.05) is 18.4 Å². The van der Waals surface area contributed by atoms with Crippen molar-refractivity contribution in [1.29, 1.82) is 0 Å². The SMILES string of the molecule is Cc1nc2c(cc1-c1ncccn1)CC[C@@]1(CCN(C(=O)[C@H](C)c3cc(OC(F)F)ncc3Cl)C1)N2. The summed E-state index contributed by atoms with van der Waals surface area (Å²) in [6, 6.07) is 5.18. The Bertz CT molecular complexity index is 1300. The van der Waals surface area contributed by atoms with E-state index in [2.05, 4.69) is 31.1 Å². The molecule has 188 valence electrons. The highest BCUT2D eigenvalue weighted by Gasteiger charge is 2.43. The van der Waals surface area contributed by atoms with Crippen LogP contribution >= 0.6 is 11.6 Å². The fourth-order valence-electron chi connectivity index (χ4n) is 4.99. The number of pyridine rings is 2. The third-order valence-corrected chi connectivity index (χ3v) is 7.24. The Morgan fingerprint density at radius 2 is 2.00 bits per heavy atom. The van der Waals surface area contributed by atoms with Gasteiger partial charge in [-0.15, -0.1) is 0 Å². The quantitative estimate of drug-likeness (QED) is 0.530. The number of nitrogens with one attached hydrogen (secondary N) is 1. The van der Waals surface area contributed by atoms with Crippen molar-refractivity contribution in [1.82, 2.24) is 24.8 Å². The van der Waals surface area contributed by atoms with Gasteiger partial charge in [-0.3, -0.25) is 4.79 Å². The largest absolute Gasteiger partial charge is 0.417 e. The molecule has 2 atom stereocenters. The molecule has 1 saturated heterocycles. The lowest BCUT2D eigenvalue weighted by Crippen LogP contribution is -2.46. The van der Waals surface area contributed by atoms with Crippen LogP contribution in [0.25, 0.3) is 11.4 Å². The van der Waals surface area contributed by atoms with Gasteiger partial charge in [0.15, 0.2) is 5.82 Å². The first-order valence-corrected chi connectivity index (χ1v) is 12.1. The average molecular weight is 515 g/mol. The Hall–Kier alpha value is -3.40. The van der Waals surface area contributed by atoms with E-state index in [0.717, 1.165) is 41.9 Å². The molecule has 3 aromatic heterocycles. The molecule has 0 aromatic carbocycles. The number of amides is 1. The fourth-order valence-corrected chi connectivity index (χ4v) is 5.26. The molecule has 8 nitrogen and oxygen atoms in total. The number of fused-ring (bicyclic) bond motifs is 1. The number of nitrogens with zero attached hydrogens (tertiary/aromatic N) is 5. The summed E-state index contributed by atoms with van der Waals surface area (Å²) in [4.78, 5) is 32.4. The number of likely N-dealkylation sites (tertiary alicyclic amines) is 1. The predicted molar refractivity (Wildman–Crippen MR) is 130 cm³/mol. The highest BCUT2D eigenvalue weighted by atomic mass is 35.5. The number of hydrogen-bond acceptors (Lipinski definition) is 7. The third kappa shape index (κ3) is 4.69. The molecule has 5 heterocycles. The maximum Gasteiger partial charge on any atom is 0.388 e. The van der Waals surface area contributed by atoms with E-state index in [9.17, 15) is 13.6 Å². The smallest absolute Gasteiger partial charge is 0.388 e. The molecular weight excluding hydrogens is 490 g/mol. The first-order valence-electron chi connectivity index (χ1n) is 11.7. The van der Waals surface area contributed by atoms with Crippen LogP contribution in [0.2, 0.25) is 5.02 Å². The first-order chi connectivity index (χ1) is 17.2. The van der Waals surface area contributed by atoms with Crippen molar-refractivity contribution in [3.63, 3.8) is 0 Å². The molecule has 11 heteroatoms. The van der Waals surface area contributed by atoms with Crippen LogP contribution in [0.3, 0.4) is 0 Å². The molecule has 0 unspecified atom stereocenters. The summed E-state index contributed by atoms with van der Waals surface area (Å²) in [7, 11) is 0. The summed E-state index contributed by atoms with van der Waals surface area (Å²) in [5.74, 6) is 0.437. The number of aryl methyl sites for hydroxylation is 2. The van der Waals surface area contributed by atoms with Crippen LogP contribution < -0.4 is 10.1 Å². The van der Waals surface area contributed by atoms with Crippen LogP contribution in [0.15, 0.2) is 36.8 Å². The molecule has 36 heavy (non-hydrogen) atoms. The van der Waals surface area contributed by atoms with Crippen LogP contribution in [0.5, 0.6) is 5.88 Å². The van der Waals surface area contributed by atoms with Gasteiger partial charge in [-0.2, -0.15) is 8.78 Å². The van der Waals surface area contributed by atoms with Gasteiger partial charge >= 0.3 is 6.61 Å². The zero-order chi connectivity index (χ0) is 25.4. The molecule has 0 saturated carbocycles.